The zero-order chi connectivity index (χ0) is 11.5. The van der Waals surface area contributed by atoms with Crippen molar-refractivity contribution in [2.45, 2.75) is 19.8 Å². The van der Waals surface area contributed by atoms with Gasteiger partial charge in [-0.25, -0.2) is 0 Å². The summed E-state index contributed by atoms with van der Waals surface area (Å²) < 4.78 is 4.76. The number of hydrogen-bond donors (Lipinski definition) is 1. The first-order valence-electron chi connectivity index (χ1n) is 4.69. The Bertz CT molecular complexity index is 270. The molecule has 0 aliphatic rings. The van der Waals surface area contributed by atoms with Gasteiger partial charge in [0.2, 0.25) is 0 Å². The van der Waals surface area contributed by atoms with E-state index in [0.717, 1.165) is 5.57 Å². The highest BCUT2D eigenvalue weighted by Crippen LogP contribution is 2.08. The van der Waals surface area contributed by atoms with Crippen LogP contribution in [0.4, 0.5) is 0 Å². The third-order valence-electron chi connectivity index (χ3n) is 1.65. The highest BCUT2D eigenvalue weighted by Gasteiger charge is 2.05. The van der Waals surface area contributed by atoms with E-state index in [1.165, 1.54) is 6.08 Å². The number of esters is 1. The monoisotopic (exact) mass is 213 g/mol. The number of rotatable bonds is 7. The number of ether oxygens (including phenoxy) is 1. The molecule has 0 amide bonds. The normalized spacial score (nSPS) is 10.7. The van der Waals surface area contributed by atoms with E-state index in [2.05, 4.69) is 10.0 Å². The van der Waals surface area contributed by atoms with Gasteiger partial charge in [0.05, 0.1) is 19.6 Å². The Balaban J connectivity index is 4.09. The summed E-state index contributed by atoms with van der Waals surface area (Å²) in [5.41, 5.74) is 8.80. The van der Waals surface area contributed by atoms with E-state index in [1.54, 1.807) is 6.92 Å². The van der Waals surface area contributed by atoms with Crippen LogP contribution in [0.15, 0.2) is 16.8 Å². The van der Waals surface area contributed by atoms with Crippen LogP contribution in [0, 0.1) is 0 Å². The third kappa shape index (κ3) is 7.54. The number of carbonyl (C=O) groups excluding carboxylic acids is 1. The van der Waals surface area contributed by atoms with E-state index in [4.69, 9.17) is 15.4 Å². The smallest absolute Gasteiger partial charge is 0.309 e. The Hall–Kier alpha value is -1.52. The highest BCUT2D eigenvalue weighted by molar-refractivity contribution is 5.72. The Kier molecular flexibility index (Phi) is 8.13. The first-order valence-corrected chi connectivity index (χ1v) is 4.69. The lowest BCUT2D eigenvalue weighted by atomic mass is 10.1. The van der Waals surface area contributed by atoms with Crippen LogP contribution in [0.3, 0.4) is 0 Å². The summed E-state index contributed by atoms with van der Waals surface area (Å²) in [6.45, 7) is 2.21. The molecule has 84 valence electrons. The molecule has 0 aliphatic heterocycles. The molecule has 0 aliphatic carbocycles. The van der Waals surface area contributed by atoms with Gasteiger partial charge in [-0.2, -0.15) is 0 Å². The van der Waals surface area contributed by atoms with E-state index < -0.39 is 0 Å². The summed E-state index contributed by atoms with van der Waals surface area (Å²) in [6.07, 6.45) is 2.13. The van der Waals surface area contributed by atoms with Gasteiger partial charge < -0.3 is 9.84 Å². The molecule has 6 heteroatoms. The Labute approximate surface area is 88.2 Å². The molecule has 1 N–H and O–H groups in total. The van der Waals surface area contributed by atoms with E-state index >= 15 is 0 Å². The molecule has 0 heterocycles. The van der Waals surface area contributed by atoms with Crippen molar-refractivity contribution in [1.82, 2.24) is 0 Å². The van der Waals surface area contributed by atoms with Crippen molar-refractivity contribution in [3.8, 4) is 0 Å². The quantitative estimate of drug-likeness (QED) is 0.228. The zero-order valence-electron chi connectivity index (χ0n) is 8.72. The molecule has 0 aromatic heterocycles. The predicted molar refractivity (Wildman–Crippen MR) is 55.0 cm³/mol. The average Bonchev–Trinajstić information content (AvgIpc) is 2.18. The second-order valence-corrected chi connectivity index (χ2v) is 2.73. The molecular weight excluding hydrogens is 198 g/mol. The molecule has 0 saturated heterocycles. The molecule has 0 aromatic rings. The predicted octanol–water partition coefficient (Wildman–Crippen LogP) is 1.56. The lowest BCUT2D eigenvalue weighted by molar-refractivity contribution is -0.142. The number of aliphatic hydroxyl groups is 1. The van der Waals surface area contributed by atoms with Gasteiger partial charge in [-0.3, -0.25) is 4.79 Å². The Morgan fingerprint density at radius 2 is 2.40 bits per heavy atom. The van der Waals surface area contributed by atoms with Crippen molar-refractivity contribution in [2.75, 3.05) is 19.8 Å². The lowest BCUT2D eigenvalue weighted by Gasteiger charge is -2.05. The van der Waals surface area contributed by atoms with Crippen molar-refractivity contribution < 1.29 is 14.6 Å². The maximum atomic E-state index is 11.1. The van der Waals surface area contributed by atoms with Crippen molar-refractivity contribution in [2.24, 2.45) is 5.11 Å². The highest BCUT2D eigenvalue weighted by atomic mass is 16.5. The van der Waals surface area contributed by atoms with Crippen LogP contribution in [0.1, 0.15) is 19.8 Å². The Morgan fingerprint density at radius 1 is 1.67 bits per heavy atom. The zero-order valence-corrected chi connectivity index (χ0v) is 8.72. The molecule has 0 fully saturated rings. The first kappa shape index (κ1) is 13.5. The molecule has 0 spiro atoms. The molecule has 6 nitrogen and oxygen atoms in total. The second kappa shape index (κ2) is 9.05. The minimum atomic E-state index is -0.335. The molecule has 0 radical (unpaired) electrons. The second-order valence-electron chi connectivity index (χ2n) is 2.73. The van der Waals surface area contributed by atoms with Crippen LogP contribution in [0.5, 0.6) is 0 Å². The summed E-state index contributed by atoms with van der Waals surface area (Å²) in [5.74, 6) is -0.335. The number of nitrogens with zero attached hydrogens (tertiary/aromatic N) is 3. The fraction of sp³-hybridized carbons (Fsp3) is 0.667. The topological polar surface area (TPSA) is 95.3 Å². The van der Waals surface area contributed by atoms with Gasteiger partial charge in [0.25, 0.3) is 0 Å². The van der Waals surface area contributed by atoms with Gasteiger partial charge >= 0.3 is 5.97 Å². The molecular formula is C9H15N3O3. The largest absolute Gasteiger partial charge is 0.466 e. The SMILES string of the molecule is CCOC(=O)C/C(=C\CO)CCN=[N+]=[N-]. The van der Waals surface area contributed by atoms with Gasteiger partial charge in [-0.15, -0.1) is 0 Å². The number of hydrogen-bond acceptors (Lipinski definition) is 4. The van der Waals surface area contributed by atoms with Crippen LogP contribution in [-0.2, 0) is 9.53 Å². The maximum Gasteiger partial charge on any atom is 0.309 e. The summed E-state index contributed by atoms with van der Waals surface area (Å²) in [6, 6.07) is 0. The van der Waals surface area contributed by atoms with Crippen molar-refractivity contribution in [1.29, 1.82) is 0 Å². The van der Waals surface area contributed by atoms with Crippen LogP contribution >= 0.6 is 0 Å². The summed E-state index contributed by atoms with van der Waals surface area (Å²) in [5, 5.41) is 12.1. The van der Waals surface area contributed by atoms with Crippen molar-refractivity contribution >= 4 is 5.97 Å². The Morgan fingerprint density at radius 3 is 2.93 bits per heavy atom. The summed E-state index contributed by atoms with van der Waals surface area (Å²) in [7, 11) is 0. The van der Waals surface area contributed by atoms with Gasteiger partial charge in [0.15, 0.2) is 0 Å². The minimum Gasteiger partial charge on any atom is -0.466 e. The van der Waals surface area contributed by atoms with Gasteiger partial charge in [-0.05, 0) is 18.9 Å². The standard InChI is InChI=1S/C9H15N3O3/c1-2-15-9(14)7-8(4-6-13)3-5-11-12-10/h4,13H,2-3,5-7H2,1H3/b8-4-. The van der Waals surface area contributed by atoms with E-state index in [1.807, 2.05) is 0 Å². The number of azide groups is 1. The molecule has 0 saturated carbocycles. The van der Waals surface area contributed by atoms with E-state index in [0.29, 0.717) is 13.0 Å². The van der Waals surface area contributed by atoms with Crippen LogP contribution in [0.2, 0.25) is 0 Å². The fourth-order valence-electron chi connectivity index (χ4n) is 1.03. The van der Waals surface area contributed by atoms with E-state index in [9.17, 15) is 4.79 Å². The van der Waals surface area contributed by atoms with E-state index in [-0.39, 0.29) is 25.5 Å². The van der Waals surface area contributed by atoms with Crippen LogP contribution in [0.25, 0.3) is 10.4 Å². The molecule has 0 aromatic carbocycles. The van der Waals surface area contributed by atoms with Crippen LogP contribution in [-0.4, -0.2) is 30.8 Å². The molecule has 15 heavy (non-hydrogen) atoms. The molecule has 0 rings (SSSR count). The number of aliphatic hydroxyl groups excluding tert-OH is 1. The molecule has 0 unspecified atom stereocenters. The molecule has 0 bridgehead atoms. The van der Waals surface area contributed by atoms with Crippen molar-refractivity contribution in [3.05, 3.63) is 22.1 Å². The average molecular weight is 213 g/mol. The minimum absolute atomic E-state index is 0.134. The lowest BCUT2D eigenvalue weighted by Crippen LogP contribution is -2.06. The van der Waals surface area contributed by atoms with Gasteiger partial charge in [0.1, 0.15) is 0 Å². The van der Waals surface area contributed by atoms with Crippen LogP contribution < -0.4 is 0 Å². The number of carbonyl (C=O) groups is 1. The van der Waals surface area contributed by atoms with Gasteiger partial charge in [-0.1, -0.05) is 16.8 Å². The molecule has 0 atom stereocenters. The fourth-order valence-corrected chi connectivity index (χ4v) is 1.03. The summed E-state index contributed by atoms with van der Waals surface area (Å²) >= 11 is 0. The first-order chi connectivity index (χ1) is 7.24. The van der Waals surface area contributed by atoms with Crippen molar-refractivity contribution in [3.63, 3.8) is 0 Å². The summed E-state index contributed by atoms with van der Waals surface area (Å²) in [4.78, 5) is 13.7. The van der Waals surface area contributed by atoms with Gasteiger partial charge in [0, 0.05) is 11.5 Å². The third-order valence-corrected chi connectivity index (χ3v) is 1.65. The maximum absolute atomic E-state index is 11.1.